The fraction of sp³-hybridized carbons (Fsp3) is 0.462. The molecule has 3 N–H and O–H groups in total. The third kappa shape index (κ3) is 4.07. The van der Waals surface area contributed by atoms with Gasteiger partial charge in [0.2, 0.25) is 5.91 Å². The van der Waals surface area contributed by atoms with Gasteiger partial charge in [0.25, 0.3) is 0 Å². The standard InChI is InChI=1S/C13H20N2O2/c1-4-10(14)13(16)15-11-7-5-6-8-12(11)17-9(2)3/h5-10H,4,14H2,1-3H3,(H,15,16). The summed E-state index contributed by atoms with van der Waals surface area (Å²) in [7, 11) is 0. The van der Waals surface area contributed by atoms with E-state index in [2.05, 4.69) is 5.32 Å². The van der Waals surface area contributed by atoms with E-state index in [-0.39, 0.29) is 12.0 Å². The van der Waals surface area contributed by atoms with Crippen LogP contribution in [0, 0.1) is 0 Å². The van der Waals surface area contributed by atoms with E-state index in [1.54, 1.807) is 6.07 Å². The largest absolute Gasteiger partial charge is 0.489 e. The van der Waals surface area contributed by atoms with Crippen LogP contribution in [-0.4, -0.2) is 18.1 Å². The summed E-state index contributed by atoms with van der Waals surface area (Å²) in [5, 5.41) is 2.78. The Morgan fingerprint density at radius 1 is 1.41 bits per heavy atom. The number of hydrogen-bond acceptors (Lipinski definition) is 3. The van der Waals surface area contributed by atoms with Crippen molar-refractivity contribution >= 4 is 11.6 Å². The first kappa shape index (κ1) is 13.5. The maximum atomic E-state index is 11.7. The number of carbonyl (C=O) groups excluding carboxylic acids is 1. The second-order valence-corrected chi connectivity index (χ2v) is 4.17. The Hall–Kier alpha value is -1.55. The van der Waals surface area contributed by atoms with Crippen LogP contribution in [0.1, 0.15) is 27.2 Å². The summed E-state index contributed by atoms with van der Waals surface area (Å²) < 4.78 is 5.60. The van der Waals surface area contributed by atoms with E-state index in [0.29, 0.717) is 17.9 Å². The van der Waals surface area contributed by atoms with Crippen LogP contribution >= 0.6 is 0 Å². The molecule has 0 aliphatic heterocycles. The van der Waals surface area contributed by atoms with Gasteiger partial charge in [-0.25, -0.2) is 0 Å². The second kappa shape index (κ2) is 6.25. The van der Waals surface area contributed by atoms with Gasteiger partial charge in [-0.15, -0.1) is 0 Å². The molecule has 0 bridgehead atoms. The lowest BCUT2D eigenvalue weighted by Crippen LogP contribution is -2.34. The molecule has 94 valence electrons. The van der Waals surface area contributed by atoms with Gasteiger partial charge >= 0.3 is 0 Å². The molecule has 4 nitrogen and oxygen atoms in total. The van der Waals surface area contributed by atoms with Gasteiger partial charge < -0.3 is 15.8 Å². The first-order valence-corrected chi connectivity index (χ1v) is 5.86. The highest BCUT2D eigenvalue weighted by Gasteiger charge is 2.13. The smallest absolute Gasteiger partial charge is 0.241 e. The van der Waals surface area contributed by atoms with Gasteiger partial charge in [-0.3, -0.25) is 4.79 Å². The molecule has 1 atom stereocenters. The molecule has 4 heteroatoms. The van der Waals surface area contributed by atoms with Crippen molar-refractivity contribution in [1.82, 2.24) is 0 Å². The van der Waals surface area contributed by atoms with E-state index in [1.165, 1.54) is 0 Å². The normalized spacial score (nSPS) is 12.3. The van der Waals surface area contributed by atoms with E-state index in [1.807, 2.05) is 39.0 Å². The maximum Gasteiger partial charge on any atom is 0.241 e. The van der Waals surface area contributed by atoms with Crippen molar-refractivity contribution in [2.45, 2.75) is 39.3 Å². The number of nitrogens with one attached hydrogen (secondary N) is 1. The zero-order valence-electron chi connectivity index (χ0n) is 10.6. The summed E-state index contributed by atoms with van der Waals surface area (Å²) in [6, 6.07) is 6.86. The minimum Gasteiger partial charge on any atom is -0.489 e. The van der Waals surface area contributed by atoms with Crippen molar-refractivity contribution in [3.05, 3.63) is 24.3 Å². The van der Waals surface area contributed by atoms with Crippen molar-refractivity contribution < 1.29 is 9.53 Å². The van der Waals surface area contributed by atoms with E-state index < -0.39 is 6.04 Å². The van der Waals surface area contributed by atoms with E-state index in [9.17, 15) is 4.79 Å². The number of nitrogens with two attached hydrogens (primary N) is 1. The zero-order valence-corrected chi connectivity index (χ0v) is 10.6. The summed E-state index contributed by atoms with van der Waals surface area (Å²) in [6.07, 6.45) is 0.673. The fourth-order valence-electron chi connectivity index (χ4n) is 1.34. The molecule has 0 spiro atoms. The van der Waals surface area contributed by atoms with Crippen molar-refractivity contribution in [3.8, 4) is 5.75 Å². The molecule has 0 aliphatic carbocycles. The predicted molar refractivity (Wildman–Crippen MR) is 69.1 cm³/mol. The summed E-state index contributed by atoms with van der Waals surface area (Å²) in [5.74, 6) is 0.478. The number of para-hydroxylation sites is 2. The van der Waals surface area contributed by atoms with Gasteiger partial charge in [-0.05, 0) is 32.4 Å². The minimum atomic E-state index is -0.484. The number of rotatable bonds is 5. The number of benzene rings is 1. The van der Waals surface area contributed by atoms with Gasteiger partial charge in [-0.2, -0.15) is 0 Å². The molecule has 1 rings (SSSR count). The molecular formula is C13H20N2O2. The lowest BCUT2D eigenvalue weighted by atomic mass is 10.2. The van der Waals surface area contributed by atoms with Gasteiger partial charge in [0, 0.05) is 0 Å². The molecule has 1 unspecified atom stereocenters. The molecular weight excluding hydrogens is 216 g/mol. The fourth-order valence-corrected chi connectivity index (χ4v) is 1.34. The van der Waals surface area contributed by atoms with Crippen molar-refractivity contribution in [1.29, 1.82) is 0 Å². The zero-order chi connectivity index (χ0) is 12.8. The Labute approximate surface area is 102 Å². The average Bonchev–Trinajstić information content (AvgIpc) is 2.29. The lowest BCUT2D eigenvalue weighted by molar-refractivity contribution is -0.117. The van der Waals surface area contributed by atoms with Gasteiger partial charge in [0.15, 0.2) is 0 Å². The maximum absolute atomic E-state index is 11.7. The Bertz CT molecular complexity index is 377. The Morgan fingerprint density at radius 3 is 2.65 bits per heavy atom. The quantitative estimate of drug-likeness (QED) is 0.823. The third-order valence-electron chi connectivity index (χ3n) is 2.28. The monoisotopic (exact) mass is 236 g/mol. The highest BCUT2D eigenvalue weighted by molar-refractivity contribution is 5.95. The van der Waals surface area contributed by atoms with Gasteiger partial charge in [0.05, 0.1) is 17.8 Å². The van der Waals surface area contributed by atoms with Crippen LogP contribution in [-0.2, 0) is 4.79 Å². The molecule has 0 heterocycles. The molecule has 0 aromatic heterocycles. The summed E-state index contributed by atoms with van der Waals surface area (Å²) >= 11 is 0. The van der Waals surface area contributed by atoms with Gasteiger partial charge in [0.1, 0.15) is 5.75 Å². The summed E-state index contributed by atoms with van der Waals surface area (Å²) in [5.41, 5.74) is 6.32. The summed E-state index contributed by atoms with van der Waals surface area (Å²) in [6.45, 7) is 5.76. The molecule has 0 aliphatic rings. The van der Waals surface area contributed by atoms with Crippen LogP contribution in [0.5, 0.6) is 5.75 Å². The third-order valence-corrected chi connectivity index (χ3v) is 2.28. The Balaban J connectivity index is 2.79. The highest BCUT2D eigenvalue weighted by Crippen LogP contribution is 2.24. The molecule has 1 aromatic rings. The number of ether oxygens (including phenoxy) is 1. The van der Waals surface area contributed by atoms with Crippen LogP contribution in [0.25, 0.3) is 0 Å². The number of carbonyl (C=O) groups is 1. The van der Waals surface area contributed by atoms with Gasteiger partial charge in [-0.1, -0.05) is 19.1 Å². The van der Waals surface area contributed by atoms with Crippen molar-refractivity contribution in [2.24, 2.45) is 5.73 Å². The van der Waals surface area contributed by atoms with Crippen molar-refractivity contribution in [3.63, 3.8) is 0 Å². The molecule has 1 amide bonds. The summed E-state index contributed by atoms with van der Waals surface area (Å²) in [4.78, 5) is 11.7. The van der Waals surface area contributed by atoms with Crippen LogP contribution in [0.3, 0.4) is 0 Å². The van der Waals surface area contributed by atoms with Crippen LogP contribution < -0.4 is 15.8 Å². The lowest BCUT2D eigenvalue weighted by Gasteiger charge is -2.16. The highest BCUT2D eigenvalue weighted by atomic mass is 16.5. The molecule has 1 aromatic carbocycles. The van der Waals surface area contributed by atoms with Crippen LogP contribution in [0.4, 0.5) is 5.69 Å². The Morgan fingerprint density at radius 2 is 2.06 bits per heavy atom. The first-order valence-electron chi connectivity index (χ1n) is 5.86. The topological polar surface area (TPSA) is 64.4 Å². The molecule has 0 radical (unpaired) electrons. The minimum absolute atomic E-state index is 0.0629. The average molecular weight is 236 g/mol. The number of hydrogen-bond donors (Lipinski definition) is 2. The van der Waals surface area contributed by atoms with E-state index in [4.69, 9.17) is 10.5 Å². The molecule has 0 fully saturated rings. The number of amides is 1. The van der Waals surface area contributed by atoms with E-state index >= 15 is 0 Å². The molecule has 0 saturated carbocycles. The molecule has 17 heavy (non-hydrogen) atoms. The van der Waals surface area contributed by atoms with Crippen LogP contribution in [0.15, 0.2) is 24.3 Å². The first-order chi connectivity index (χ1) is 8.04. The second-order valence-electron chi connectivity index (χ2n) is 4.17. The van der Waals surface area contributed by atoms with Crippen molar-refractivity contribution in [2.75, 3.05) is 5.32 Å². The Kier molecular flexibility index (Phi) is 4.97. The molecule has 0 saturated heterocycles. The SMILES string of the molecule is CCC(N)C(=O)Nc1ccccc1OC(C)C. The number of anilines is 1. The predicted octanol–water partition coefficient (Wildman–Crippen LogP) is 2.15. The van der Waals surface area contributed by atoms with E-state index in [0.717, 1.165) is 0 Å². The van der Waals surface area contributed by atoms with Crippen LogP contribution in [0.2, 0.25) is 0 Å².